The van der Waals surface area contributed by atoms with Crippen molar-refractivity contribution < 1.29 is 13.4 Å². The van der Waals surface area contributed by atoms with E-state index in [0.717, 1.165) is 22.8 Å². The van der Waals surface area contributed by atoms with Crippen molar-refractivity contribution in [3.05, 3.63) is 0 Å². The van der Waals surface area contributed by atoms with E-state index < -0.39 is 23.9 Å². The second kappa shape index (κ2) is 5.25. The molecule has 0 aromatic heterocycles. The number of halogens is 1. The van der Waals surface area contributed by atoms with Gasteiger partial charge in [0.25, 0.3) is 0 Å². The summed E-state index contributed by atoms with van der Waals surface area (Å²) in [7, 11) is 5.38. The third-order valence-corrected chi connectivity index (χ3v) is 15.2. The van der Waals surface area contributed by atoms with Gasteiger partial charge in [-0.15, -0.1) is 22.8 Å². The third kappa shape index (κ3) is 3.34. The smallest absolute Gasteiger partial charge is 0.330 e. The molecule has 0 fully saturated rings. The lowest BCUT2D eigenvalue weighted by atomic mass is 10.3. The summed E-state index contributed by atoms with van der Waals surface area (Å²) in [4.78, 5) is 0. The highest BCUT2D eigenvalue weighted by atomic mass is 32.7. The molecule has 9 heteroatoms. The average Bonchev–Trinajstić information content (AvgIpc) is 2.13. The van der Waals surface area contributed by atoms with Crippen molar-refractivity contribution >= 4 is 49.1 Å². The standard InChI is InChI=1S/C6H15B2FO2P2S2/c1-6(2,3)12(10,14-4)8(9)13(7,11)15-5/h1-5H3. The van der Waals surface area contributed by atoms with E-state index >= 15 is 0 Å². The Morgan fingerprint density at radius 3 is 1.80 bits per heavy atom. The highest BCUT2D eigenvalue weighted by Crippen LogP contribution is 2.78. The number of hydrogen-bond acceptors (Lipinski definition) is 4. The first-order valence-electron chi connectivity index (χ1n) is 4.26. The summed E-state index contributed by atoms with van der Waals surface area (Å²) in [6.45, 7) is 5.03. The summed E-state index contributed by atoms with van der Waals surface area (Å²) in [6.07, 6.45) is -5.70. The van der Waals surface area contributed by atoms with Crippen LogP contribution in [0.5, 0.6) is 0 Å². The number of hydrogen-bond donors (Lipinski definition) is 0. The number of rotatable bonds is 4. The second-order valence-corrected chi connectivity index (χ2v) is 15.5. The van der Waals surface area contributed by atoms with E-state index in [1.54, 1.807) is 27.0 Å². The SMILES string of the molecule is [B]P(=O)(SC)B(F)P(=O)(SC)C(C)(C)C. The molecule has 15 heavy (non-hydrogen) atoms. The molecule has 2 unspecified atom stereocenters. The van der Waals surface area contributed by atoms with Crippen molar-refractivity contribution in [1.82, 2.24) is 0 Å². The zero-order valence-electron chi connectivity index (χ0n) is 9.56. The molecule has 0 amide bonds. The molecule has 0 aliphatic carbocycles. The molecule has 0 saturated carbocycles. The van der Waals surface area contributed by atoms with Crippen LogP contribution in [-0.4, -0.2) is 31.7 Å². The van der Waals surface area contributed by atoms with Crippen molar-refractivity contribution in [2.75, 3.05) is 12.5 Å². The molecule has 0 aromatic carbocycles. The van der Waals surface area contributed by atoms with Gasteiger partial charge in [-0.05, 0) is 12.5 Å². The van der Waals surface area contributed by atoms with Crippen LogP contribution in [0.3, 0.4) is 0 Å². The monoisotopic (exact) mass is 286 g/mol. The zero-order chi connectivity index (χ0) is 12.5. The van der Waals surface area contributed by atoms with Crippen LogP contribution >= 0.6 is 35.1 Å². The summed E-state index contributed by atoms with van der Waals surface area (Å²) in [6, 6.07) is 0. The minimum Gasteiger partial charge on any atom is -0.330 e. The zero-order valence-corrected chi connectivity index (χ0v) is 13.0. The van der Waals surface area contributed by atoms with E-state index in [0.29, 0.717) is 0 Å². The molecule has 0 aliphatic rings. The van der Waals surface area contributed by atoms with Gasteiger partial charge in [-0.2, -0.15) is 0 Å². The van der Waals surface area contributed by atoms with Crippen molar-refractivity contribution in [2.24, 2.45) is 0 Å². The molecule has 0 rings (SSSR count). The molecule has 0 aliphatic heterocycles. The molecule has 0 bridgehead atoms. The Balaban J connectivity index is 5.35. The summed E-state index contributed by atoms with van der Waals surface area (Å²) < 4.78 is 38.2. The van der Waals surface area contributed by atoms with Gasteiger partial charge >= 0.3 is 6.43 Å². The van der Waals surface area contributed by atoms with Gasteiger partial charge in [0.1, 0.15) is 6.10 Å². The average molecular weight is 286 g/mol. The first-order chi connectivity index (χ1) is 6.53. The maximum atomic E-state index is 14.0. The van der Waals surface area contributed by atoms with E-state index in [4.69, 9.17) is 7.57 Å². The normalized spacial score (nSPS) is 20.4. The Labute approximate surface area is 101 Å². The van der Waals surface area contributed by atoms with Gasteiger partial charge < -0.3 is 13.4 Å². The molecule has 0 spiro atoms. The lowest BCUT2D eigenvalue weighted by Gasteiger charge is -2.32. The molecule has 86 valence electrons. The lowest BCUT2D eigenvalue weighted by Crippen LogP contribution is -2.22. The fourth-order valence-corrected chi connectivity index (χ4v) is 12.6. The van der Waals surface area contributed by atoms with Crippen LogP contribution in [-0.2, 0) is 9.13 Å². The Hall–Kier alpha value is 1.22. The van der Waals surface area contributed by atoms with Crippen molar-refractivity contribution in [2.45, 2.75) is 25.9 Å². The van der Waals surface area contributed by atoms with Crippen LogP contribution in [0.15, 0.2) is 0 Å². The minimum absolute atomic E-state index is 0.739. The van der Waals surface area contributed by atoms with Gasteiger partial charge in [0.2, 0.25) is 0 Å². The van der Waals surface area contributed by atoms with E-state index in [1.807, 2.05) is 0 Å². The molecular formula is C6H15B2FO2P2S2. The van der Waals surface area contributed by atoms with Crippen LogP contribution in [0.25, 0.3) is 0 Å². The van der Waals surface area contributed by atoms with Gasteiger partial charge in [-0.25, -0.2) is 0 Å². The van der Waals surface area contributed by atoms with E-state index in [9.17, 15) is 13.4 Å². The topological polar surface area (TPSA) is 34.1 Å². The highest BCUT2D eigenvalue weighted by Gasteiger charge is 2.54. The van der Waals surface area contributed by atoms with Crippen LogP contribution in [0.2, 0.25) is 0 Å². The first-order valence-corrected chi connectivity index (χ1v) is 11.5. The maximum Gasteiger partial charge on any atom is 0.489 e. The fourth-order valence-electron chi connectivity index (χ4n) is 0.979. The molecule has 0 aromatic rings. The predicted molar refractivity (Wildman–Crippen MR) is 74.6 cm³/mol. The van der Waals surface area contributed by atoms with Crippen molar-refractivity contribution in [3.63, 3.8) is 0 Å². The van der Waals surface area contributed by atoms with Gasteiger partial charge in [-0.3, -0.25) is 0 Å². The van der Waals surface area contributed by atoms with Gasteiger partial charge in [0.15, 0.2) is 13.8 Å². The van der Waals surface area contributed by atoms with E-state index in [2.05, 4.69) is 0 Å². The molecule has 0 heterocycles. The van der Waals surface area contributed by atoms with E-state index in [-0.39, 0.29) is 0 Å². The van der Waals surface area contributed by atoms with Crippen LogP contribution in [0.4, 0.5) is 4.32 Å². The predicted octanol–water partition coefficient (Wildman–Crippen LogP) is 4.11. The molecular weight excluding hydrogens is 271 g/mol. The fraction of sp³-hybridized carbons (Fsp3) is 1.00. The first kappa shape index (κ1) is 16.2. The summed E-state index contributed by atoms with van der Waals surface area (Å²) in [5, 5.41) is -0.739. The minimum atomic E-state index is -3.53. The Bertz CT molecular complexity index is 321. The van der Waals surface area contributed by atoms with Gasteiger partial charge in [0.05, 0.1) is 0 Å². The Kier molecular flexibility index (Phi) is 5.67. The summed E-state index contributed by atoms with van der Waals surface area (Å²) in [5.74, 6) is 0. The second-order valence-electron chi connectivity index (χ2n) is 4.09. The van der Waals surface area contributed by atoms with Crippen molar-refractivity contribution in [3.8, 4) is 0 Å². The van der Waals surface area contributed by atoms with Crippen LogP contribution in [0, 0.1) is 0 Å². The molecule has 2 radical (unpaired) electrons. The van der Waals surface area contributed by atoms with Gasteiger partial charge in [0, 0.05) is 5.16 Å². The van der Waals surface area contributed by atoms with Gasteiger partial charge in [-0.1, -0.05) is 20.8 Å². The third-order valence-electron chi connectivity index (χ3n) is 2.07. The highest BCUT2D eigenvalue weighted by molar-refractivity contribution is 8.84. The molecule has 0 saturated heterocycles. The summed E-state index contributed by atoms with van der Waals surface area (Å²) >= 11 is 1.71. The maximum absolute atomic E-state index is 14.0. The van der Waals surface area contributed by atoms with Crippen LogP contribution in [0.1, 0.15) is 20.8 Å². The Morgan fingerprint density at radius 1 is 1.20 bits per heavy atom. The quantitative estimate of drug-likeness (QED) is 0.575. The molecule has 2 nitrogen and oxygen atoms in total. The molecule has 0 N–H and O–H groups in total. The van der Waals surface area contributed by atoms with E-state index in [1.165, 1.54) is 6.26 Å². The molecule has 2 atom stereocenters. The van der Waals surface area contributed by atoms with Crippen molar-refractivity contribution in [1.29, 1.82) is 0 Å². The largest absolute Gasteiger partial charge is 0.489 e. The Morgan fingerprint density at radius 2 is 1.60 bits per heavy atom. The van der Waals surface area contributed by atoms with Crippen LogP contribution < -0.4 is 0 Å². The lowest BCUT2D eigenvalue weighted by molar-refractivity contribution is 0.568. The summed E-state index contributed by atoms with van der Waals surface area (Å²) in [5.41, 5.74) is 0.